The standard InChI is InChI=1S/C21H27BN2O6/c1-7-8-28-12-14-9-15(22-29-20(3,4)21(5,6)30-22)10-16-18(13(2)25)23-24(19(14)16)11-17(26)27/h7,9-10H,1,8,11-12H2,2-6H3,(H,26,27). The molecule has 0 saturated carbocycles. The van der Waals surface area contributed by atoms with E-state index in [1.165, 1.54) is 11.6 Å². The van der Waals surface area contributed by atoms with Gasteiger partial charge < -0.3 is 19.2 Å². The molecule has 3 rings (SSSR count). The van der Waals surface area contributed by atoms with Gasteiger partial charge in [-0.15, -0.1) is 6.58 Å². The minimum absolute atomic E-state index is 0.193. The smallest absolute Gasteiger partial charge is 0.480 e. The van der Waals surface area contributed by atoms with Crippen LogP contribution in [0.25, 0.3) is 10.9 Å². The molecule has 1 aliphatic heterocycles. The van der Waals surface area contributed by atoms with Gasteiger partial charge in [-0.1, -0.05) is 18.2 Å². The highest BCUT2D eigenvalue weighted by molar-refractivity contribution is 6.62. The normalized spacial score (nSPS) is 17.4. The molecule has 1 aromatic carbocycles. The van der Waals surface area contributed by atoms with Gasteiger partial charge in [-0.05, 0) is 33.2 Å². The molecule has 2 heterocycles. The first-order valence-corrected chi connectivity index (χ1v) is 9.77. The molecule has 2 aromatic rings. The predicted molar refractivity (Wildman–Crippen MR) is 113 cm³/mol. The fraction of sp³-hybridized carbons (Fsp3) is 0.476. The van der Waals surface area contributed by atoms with Crippen LogP contribution >= 0.6 is 0 Å². The summed E-state index contributed by atoms with van der Waals surface area (Å²) in [4.78, 5) is 23.6. The first kappa shape index (κ1) is 22.2. The number of ether oxygens (including phenoxy) is 1. The Morgan fingerprint density at radius 2 is 1.90 bits per heavy atom. The van der Waals surface area contributed by atoms with Crippen LogP contribution < -0.4 is 5.46 Å². The van der Waals surface area contributed by atoms with E-state index < -0.39 is 24.3 Å². The Balaban J connectivity index is 2.18. The van der Waals surface area contributed by atoms with Gasteiger partial charge in [-0.25, -0.2) is 0 Å². The number of rotatable bonds is 8. The lowest BCUT2D eigenvalue weighted by molar-refractivity contribution is -0.137. The molecule has 0 spiro atoms. The third kappa shape index (κ3) is 4.05. The van der Waals surface area contributed by atoms with Crippen molar-refractivity contribution in [2.24, 2.45) is 0 Å². The molecule has 0 atom stereocenters. The molecule has 0 radical (unpaired) electrons. The lowest BCUT2D eigenvalue weighted by Gasteiger charge is -2.32. The van der Waals surface area contributed by atoms with Crippen molar-refractivity contribution in [1.29, 1.82) is 0 Å². The molecule has 1 aliphatic rings. The average molecular weight is 414 g/mol. The molecular weight excluding hydrogens is 387 g/mol. The predicted octanol–water partition coefficient (Wildman–Crippen LogP) is 2.33. The third-order valence-corrected chi connectivity index (χ3v) is 5.58. The number of fused-ring (bicyclic) bond motifs is 1. The van der Waals surface area contributed by atoms with E-state index in [-0.39, 0.29) is 24.6 Å². The molecule has 0 aliphatic carbocycles. The van der Waals surface area contributed by atoms with Gasteiger partial charge in [-0.2, -0.15) is 5.10 Å². The van der Waals surface area contributed by atoms with Crippen molar-refractivity contribution in [3.05, 3.63) is 36.0 Å². The zero-order valence-corrected chi connectivity index (χ0v) is 18.0. The minimum Gasteiger partial charge on any atom is -0.480 e. The van der Waals surface area contributed by atoms with Gasteiger partial charge in [0.15, 0.2) is 5.78 Å². The van der Waals surface area contributed by atoms with Gasteiger partial charge in [0.1, 0.15) is 12.2 Å². The maximum absolute atomic E-state index is 12.2. The zero-order valence-electron chi connectivity index (χ0n) is 18.0. The first-order valence-electron chi connectivity index (χ1n) is 9.77. The van der Waals surface area contributed by atoms with Crippen LogP contribution in [0.15, 0.2) is 24.8 Å². The topological polar surface area (TPSA) is 99.9 Å². The van der Waals surface area contributed by atoms with Crippen molar-refractivity contribution >= 4 is 35.2 Å². The Hall–Kier alpha value is -2.49. The Labute approximate surface area is 175 Å². The Morgan fingerprint density at radius 1 is 1.27 bits per heavy atom. The molecule has 1 fully saturated rings. The lowest BCUT2D eigenvalue weighted by Crippen LogP contribution is -2.41. The number of ketones is 1. The number of hydrogen-bond donors (Lipinski definition) is 1. The molecule has 160 valence electrons. The number of carbonyl (C=O) groups is 2. The van der Waals surface area contributed by atoms with Crippen molar-refractivity contribution in [3.8, 4) is 0 Å². The largest absolute Gasteiger partial charge is 0.494 e. The van der Waals surface area contributed by atoms with Gasteiger partial charge in [0.05, 0.1) is 29.9 Å². The summed E-state index contributed by atoms with van der Waals surface area (Å²) in [5, 5.41) is 14.1. The third-order valence-electron chi connectivity index (χ3n) is 5.58. The Bertz CT molecular complexity index is 995. The molecule has 1 aromatic heterocycles. The average Bonchev–Trinajstić information content (AvgIpc) is 3.09. The van der Waals surface area contributed by atoms with Gasteiger partial charge in [0.25, 0.3) is 0 Å². The summed E-state index contributed by atoms with van der Waals surface area (Å²) in [7, 11) is -0.639. The summed E-state index contributed by atoms with van der Waals surface area (Å²) in [6.07, 6.45) is 1.63. The van der Waals surface area contributed by atoms with Crippen molar-refractivity contribution in [2.75, 3.05) is 6.61 Å². The van der Waals surface area contributed by atoms with E-state index in [0.717, 1.165) is 5.46 Å². The fourth-order valence-corrected chi connectivity index (χ4v) is 3.41. The summed E-state index contributed by atoms with van der Waals surface area (Å²) in [5.41, 5.74) is 1.11. The fourth-order valence-electron chi connectivity index (χ4n) is 3.41. The molecule has 0 bridgehead atoms. The summed E-state index contributed by atoms with van der Waals surface area (Å²) < 4.78 is 19.3. The molecule has 0 amide bonds. The van der Waals surface area contributed by atoms with Crippen LogP contribution in [0.3, 0.4) is 0 Å². The SMILES string of the molecule is C=CCOCc1cc(B2OC(C)(C)C(C)(C)O2)cc2c(C(C)=O)nn(CC(=O)O)c12. The number of carboxylic acid groups (broad SMARTS) is 1. The molecule has 0 unspecified atom stereocenters. The van der Waals surface area contributed by atoms with Gasteiger partial charge in [0.2, 0.25) is 0 Å². The van der Waals surface area contributed by atoms with E-state index in [2.05, 4.69) is 11.7 Å². The van der Waals surface area contributed by atoms with E-state index >= 15 is 0 Å². The number of hydrogen-bond acceptors (Lipinski definition) is 6. The molecule has 8 nitrogen and oxygen atoms in total. The molecule has 30 heavy (non-hydrogen) atoms. The van der Waals surface area contributed by atoms with E-state index in [1.54, 1.807) is 12.1 Å². The summed E-state index contributed by atoms with van der Waals surface area (Å²) in [6.45, 7) is 13.1. The Morgan fingerprint density at radius 3 is 2.43 bits per heavy atom. The van der Waals surface area contributed by atoms with E-state index in [1.807, 2.05) is 33.8 Å². The van der Waals surface area contributed by atoms with Crippen LogP contribution in [0.5, 0.6) is 0 Å². The number of nitrogens with zero attached hydrogens (tertiary/aromatic N) is 2. The van der Waals surface area contributed by atoms with E-state index in [0.29, 0.717) is 23.1 Å². The number of benzene rings is 1. The monoisotopic (exact) mass is 414 g/mol. The highest BCUT2D eigenvalue weighted by Gasteiger charge is 2.51. The second kappa shape index (κ2) is 7.98. The molecule has 1 saturated heterocycles. The quantitative estimate of drug-likeness (QED) is 0.306. The highest BCUT2D eigenvalue weighted by atomic mass is 16.7. The minimum atomic E-state index is -1.05. The van der Waals surface area contributed by atoms with Crippen LogP contribution in [0.1, 0.15) is 50.7 Å². The number of carbonyl (C=O) groups excluding carboxylic acids is 1. The number of carboxylic acids is 1. The summed E-state index contributed by atoms with van der Waals surface area (Å²) in [5.74, 6) is -1.31. The summed E-state index contributed by atoms with van der Waals surface area (Å²) >= 11 is 0. The van der Waals surface area contributed by atoms with Crippen LogP contribution in [0.2, 0.25) is 0 Å². The van der Waals surface area contributed by atoms with Crippen LogP contribution in [0.4, 0.5) is 0 Å². The van der Waals surface area contributed by atoms with Crippen molar-refractivity contribution in [2.45, 2.75) is 59.0 Å². The number of aromatic nitrogens is 2. The molecule has 9 heteroatoms. The van der Waals surface area contributed by atoms with Gasteiger partial charge in [-0.3, -0.25) is 14.3 Å². The first-order chi connectivity index (χ1) is 14.0. The van der Waals surface area contributed by atoms with E-state index in [4.69, 9.17) is 14.0 Å². The maximum atomic E-state index is 12.2. The van der Waals surface area contributed by atoms with Gasteiger partial charge >= 0.3 is 13.1 Å². The Kier molecular flexibility index (Phi) is 5.91. The van der Waals surface area contributed by atoms with Gasteiger partial charge in [0, 0.05) is 17.9 Å². The van der Waals surface area contributed by atoms with Crippen molar-refractivity contribution in [3.63, 3.8) is 0 Å². The second-order valence-electron chi connectivity index (χ2n) is 8.42. The zero-order chi connectivity index (χ0) is 22.3. The van der Waals surface area contributed by atoms with Crippen molar-refractivity contribution in [1.82, 2.24) is 9.78 Å². The van der Waals surface area contributed by atoms with Crippen LogP contribution in [0, 0.1) is 0 Å². The maximum Gasteiger partial charge on any atom is 0.494 e. The lowest BCUT2D eigenvalue weighted by atomic mass is 9.77. The molecule has 1 N–H and O–H groups in total. The van der Waals surface area contributed by atoms with Crippen LogP contribution in [-0.4, -0.2) is 51.6 Å². The number of aliphatic carboxylic acids is 1. The highest BCUT2D eigenvalue weighted by Crippen LogP contribution is 2.37. The summed E-state index contributed by atoms with van der Waals surface area (Å²) in [6, 6.07) is 3.65. The van der Waals surface area contributed by atoms with E-state index in [9.17, 15) is 14.7 Å². The molecular formula is C21H27BN2O6. The van der Waals surface area contributed by atoms with Crippen molar-refractivity contribution < 1.29 is 28.7 Å². The van der Waals surface area contributed by atoms with Crippen LogP contribution in [-0.2, 0) is 32.0 Å². The second-order valence-corrected chi connectivity index (χ2v) is 8.42. The number of Topliss-reactive ketones (excluding diaryl/α,β-unsaturated/α-hetero) is 1.